The van der Waals surface area contributed by atoms with Gasteiger partial charge in [-0.25, -0.2) is 0 Å². The van der Waals surface area contributed by atoms with Crippen LogP contribution in [0.3, 0.4) is 0 Å². The topological polar surface area (TPSA) is 0 Å². The van der Waals surface area contributed by atoms with Gasteiger partial charge >= 0.3 is 6.98 Å². The molecule has 0 spiro atoms. The first kappa shape index (κ1) is 9.58. The lowest BCUT2D eigenvalue weighted by atomic mass is 9.79. The third-order valence-corrected chi connectivity index (χ3v) is 3.34. The average molecular weight is 215 g/mol. The van der Waals surface area contributed by atoms with Crippen LogP contribution in [0.4, 0.5) is 12.9 Å². The van der Waals surface area contributed by atoms with E-state index in [1.807, 2.05) is 6.92 Å². The minimum absolute atomic E-state index is 0.359. The van der Waals surface area contributed by atoms with Crippen LogP contribution in [0.2, 0.25) is 0 Å². The maximum Gasteiger partial charge on any atom is 0.511 e. The lowest BCUT2D eigenvalue weighted by molar-refractivity contribution is 0.502. The van der Waals surface area contributed by atoms with E-state index in [1.54, 1.807) is 11.4 Å². The highest BCUT2D eigenvalue weighted by atomic mass is 32.1. The zero-order valence-electron chi connectivity index (χ0n) is 7.43. The second kappa shape index (κ2) is 3.02. The molecule has 0 aliphatic rings. The highest BCUT2D eigenvalue weighted by Gasteiger charge is 2.27. The predicted octanol–water partition coefficient (Wildman–Crippen LogP) is 3.26. The summed E-state index contributed by atoms with van der Waals surface area (Å²) >= 11 is 1.16. The number of benzene rings is 1. The molecule has 0 amide bonds. The Morgan fingerprint density at radius 1 is 1.21 bits per heavy atom. The van der Waals surface area contributed by atoms with Crippen LogP contribution >= 0.6 is 11.3 Å². The minimum Gasteiger partial charge on any atom is -0.445 e. The molecule has 14 heavy (non-hydrogen) atoms. The fourth-order valence-electron chi connectivity index (χ4n) is 1.47. The van der Waals surface area contributed by atoms with Crippen molar-refractivity contribution in [1.82, 2.24) is 0 Å². The Kier molecular flexibility index (Phi) is 2.07. The molecule has 0 nitrogen and oxygen atoms in total. The normalized spacial score (nSPS) is 12.3. The lowest BCUT2D eigenvalue weighted by Gasteiger charge is -2.15. The molecule has 0 saturated heterocycles. The van der Waals surface area contributed by atoms with Crippen LogP contribution in [-0.4, -0.2) is 6.98 Å². The number of aryl methyl sites for hydroxylation is 1. The molecular formula is C9H7BF3S-. The molecule has 0 bridgehead atoms. The highest BCUT2D eigenvalue weighted by Crippen LogP contribution is 2.26. The monoisotopic (exact) mass is 215 g/mol. The van der Waals surface area contributed by atoms with Gasteiger partial charge in [-0.2, -0.15) is 0 Å². The third kappa shape index (κ3) is 1.41. The Labute approximate surface area is 83.4 Å². The van der Waals surface area contributed by atoms with E-state index in [2.05, 4.69) is 0 Å². The van der Waals surface area contributed by atoms with E-state index in [-0.39, 0.29) is 0 Å². The fourth-order valence-corrected chi connectivity index (χ4v) is 2.58. The van der Waals surface area contributed by atoms with Crippen molar-refractivity contribution in [2.45, 2.75) is 6.92 Å². The molecule has 0 saturated carbocycles. The van der Waals surface area contributed by atoms with Crippen LogP contribution in [0.15, 0.2) is 23.6 Å². The third-order valence-electron chi connectivity index (χ3n) is 2.18. The van der Waals surface area contributed by atoms with E-state index >= 15 is 0 Å². The first-order chi connectivity index (χ1) is 6.50. The van der Waals surface area contributed by atoms with Crippen LogP contribution in [0.5, 0.6) is 0 Å². The smallest absolute Gasteiger partial charge is 0.445 e. The van der Waals surface area contributed by atoms with Crippen molar-refractivity contribution in [3.8, 4) is 0 Å². The van der Waals surface area contributed by atoms with Gasteiger partial charge in [-0.15, -0.1) is 11.3 Å². The number of hydrogen-bond acceptors (Lipinski definition) is 1. The molecule has 1 aromatic heterocycles. The standard InChI is InChI=1S/C9H7BF3S/c1-6-5-14-9-7(6)3-2-4-8(9)10(11,12)13/h2-5H,1H3/q-1. The molecule has 0 aliphatic carbocycles. The summed E-state index contributed by atoms with van der Waals surface area (Å²) in [6, 6.07) is 4.34. The van der Waals surface area contributed by atoms with E-state index < -0.39 is 12.4 Å². The Hall–Kier alpha value is -0.965. The van der Waals surface area contributed by atoms with Crippen molar-refractivity contribution >= 4 is 33.9 Å². The molecule has 2 rings (SSSR count). The summed E-state index contributed by atoms with van der Waals surface area (Å²) in [6.45, 7) is -3.07. The zero-order valence-corrected chi connectivity index (χ0v) is 8.25. The molecule has 1 heterocycles. The second-order valence-electron chi connectivity index (χ2n) is 3.22. The highest BCUT2D eigenvalue weighted by molar-refractivity contribution is 7.19. The average Bonchev–Trinajstić information content (AvgIpc) is 2.46. The fraction of sp³-hybridized carbons (Fsp3) is 0.111. The number of rotatable bonds is 1. The number of fused-ring (bicyclic) bond motifs is 1. The van der Waals surface area contributed by atoms with Crippen molar-refractivity contribution < 1.29 is 12.9 Å². The lowest BCUT2D eigenvalue weighted by Crippen LogP contribution is -2.33. The molecule has 74 valence electrons. The Morgan fingerprint density at radius 3 is 2.57 bits per heavy atom. The Balaban J connectivity index is 2.79. The summed E-state index contributed by atoms with van der Waals surface area (Å²) in [5.74, 6) is 0. The number of halogens is 3. The molecular weight excluding hydrogens is 208 g/mol. The van der Waals surface area contributed by atoms with Crippen molar-refractivity contribution in [1.29, 1.82) is 0 Å². The molecule has 5 heteroatoms. The van der Waals surface area contributed by atoms with Crippen LogP contribution in [0.25, 0.3) is 10.1 Å². The zero-order chi connectivity index (χ0) is 10.3. The van der Waals surface area contributed by atoms with Gasteiger partial charge in [-0.1, -0.05) is 23.7 Å². The van der Waals surface area contributed by atoms with Gasteiger partial charge in [0.1, 0.15) is 0 Å². The molecule has 1 aromatic carbocycles. The van der Waals surface area contributed by atoms with Crippen LogP contribution in [-0.2, 0) is 0 Å². The maximum absolute atomic E-state index is 12.6. The second-order valence-corrected chi connectivity index (χ2v) is 4.10. The Morgan fingerprint density at radius 2 is 1.93 bits per heavy atom. The van der Waals surface area contributed by atoms with E-state index in [0.29, 0.717) is 10.1 Å². The molecule has 2 aromatic rings. The van der Waals surface area contributed by atoms with Gasteiger partial charge in [0.2, 0.25) is 0 Å². The van der Waals surface area contributed by atoms with Gasteiger partial charge in [0.05, 0.1) is 0 Å². The first-order valence-electron chi connectivity index (χ1n) is 4.17. The SMILES string of the molecule is Cc1csc2c([B-](F)(F)F)cccc12. The molecule has 0 radical (unpaired) electrons. The molecule has 0 aliphatic heterocycles. The van der Waals surface area contributed by atoms with Gasteiger partial charge in [0.25, 0.3) is 0 Å². The Bertz CT molecular complexity index is 472. The molecule has 0 unspecified atom stereocenters. The van der Waals surface area contributed by atoms with Crippen LogP contribution in [0, 0.1) is 6.92 Å². The molecule has 0 N–H and O–H groups in total. The summed E-state index contributed by atoms with van der Waals surface area (Å²) in [4.78, 5) is 0. The minimum atomic E-state index is -4.89. The van der Waals surface area contributed by atoms with E-state index in [1.165, 1.54) is 6.07 Å². The number of hydrogen-bond donors (Lipinski definition) is 0. The quantitative estimate of drug-likeness (QED) is 0.640. The van der Waals surface area contributed by atoms with Gasteiger partial charge < -0.3 is 12.9 Å². The summed E-state index contributed by atoms with van der Waals surface area (Å²) in [7, 11) is 0. The summed E-state index contributed by atoms with van der Waals surface area (Å²) in [5.41, 5.74) is 0.437. The first-order valence-corrected chi connectivity index (χ1v) is 5.05. The number of thiophene rings is 1. The van der Waals surface area contributed by atoms with Crippen LogP contribution < -0.4 is 5.46 Å². The van der Waals surface area contributed by atoms with E-state index in [9.17, 15) is 12.9 Å². The van der Waals surface area contributed by atoms with Gasteiger partial charge in [-0.05, 0) is 23.3 Å². The van der Waals surface area contributed by atoms with Crippen molar-refractivity contribution in [2.24, 2.45) is 0 Å². The predicted molar refractivity (Wildman–Crippen MR) is 55.3 cm³/mol. The molecule has 0 atom stereocenters. The maximum atomic E-state index is 12.6. The van der Waals surface area contributed by atoms with Crippen molar-refractivity contribution in [3.63, 3.8) is 0 Å². The van der Waals surface area contributed by atoms with E-state index in [4.69, 9.17) is 0 Å². The molecule has 0 fully saturated rings. The van der Waals surface area contributed by atoms with Gasteiger partial charge in [0.15, 0.2) is 0 Å². The van der Waals surface area contributed by atoms with Crippen molar-refractivity contribution in [3.05, 3.63) is 29.1 Å². The van der Waals surface area contributed by atoms with Crippen LogP contribution in [0.1, 0.15) is 5.56 Å². The summed E-state index contributed by atoms with van der Waals surface area (Å²) in [5, 5.41) is 2.47. The van der Waals surface area contributed by atoms with Gasteiger partial charge in [-0.3, -0.25) is 0 Å². The summed E-state index contributed by atoms with van der Waals surface area (Å²) in [6.07, 6.45) is 0. The van der Waals surface area contributed by atoms with Crippen molar-refractivity contribution in [2.75, 3.05) is 0 Å². The largest absolute Gasteiger partial charge is 0.511 e. The van der Waals surface area contributed by atoms with Gasteiger partial charge in [0, 0.05) is 4.70 Å². The van der Waals surface area contributed by atoms with E-state index in [0.717, 1.165) is 23.0 Å². The summed E-state index contributed by atoms with van der Waals surface area (Å²) < 4.78 is 38.1.